The average Bonchev–Trinajstić information content (AvgIpc) is 4.10. The lowest BCUT2D eigenvalue weighted by atomic mass is 9.83. The summed E-state index contributed by atoms with van der Waals surface area (Å²) in [5, 5.41) is 2.11. The molecule has 72 heavy (non-hydrogen) atoms. The normalized spacial score (nSPS) is 20.0. The first kappa shape index (κ1) is 60.1. The SMILES string of the molecule is CC[C@H](C)[C@@H]([C@@H](CC(=O)N1CCC[C@H]1[C@H](OC)[C@@H](C)C(=O)N[C@@H](Cc1ccc(OCC(=O)N2CCC(C(C)=O)CC2)cc1)C(=O)NS(=O)(=O)C1CC1)OC)N(C)C(=O)[C@@H](CC(=O)[C@H](C(C)C)N(C)C)C(C)C. The Balaban J connectivity index is 1.47. The van der Waals surface area contributed by atoms with E-state index in [-0.39, 0.29) is 84.9 Å². The smallest absolute Gasteiger partial charge is 0.260 e. The van der Waals surface area contributed by atoms with Crippen molar-refractivity contribution in [1.82, 2.24) is 29.6 Å². The van der Waals surface area contributed by atoms with Crippen LogP contribution in [0.3, 0.4) is 0 Å². The van der Waals surface area contributed by atoms with Crippen LogP contribution < -0.4 is 14.8 Å². The topological polar surface area (TPSA) is 218 Å². The van der Waals surface area contributed by atoms with Gasteiger partial charge in [-0.1, -0.05) is 67.0 Å². The number of likely N-dealkylation sites (N-methyl/N-ethyl adjacent to an activating group) is 2. The number of amides is 5. The number of nitrogens with zero attached hydrogens (tertiary/aromatic N) is 4. The molecule has 406 valence electrons. The Kier molecular flexibility index (Phi) is 22.7. The number of carbonyl (C=O) groups is 7. The first-order chi connectivity index (χ1) is 33.9. The molecule has 2 saturated heterocycles. The average molecular weight is 1030 g/mol. The van der Waals surface area contributed by atoms with Gasteiger partial charge in [0.05, 0.1) is 47.9 Å². The van der Waals surface area contributed by atoms with E-state index in [1.807, 2.05) is 60.5 Å². The number of ether oxygens (including phenoxy) is 3. The molecular formula is C53H86N6O12S. The zero-order valence-electron chi connectivity index (χ0n) is 45.3. The van der Waals surface area contributed by atoms with Crippen molar-refractivity contribution in [3.05, 3.63) is 29.8 Å². The van der Waals surface area contributed by atoms with Gasteiger partial charge in [0, 0.05) is 65.6 Å². The monoisotopic (exact) mass is 1030 g/mol. The highest BCUT2D eigenvalue weighted by Crippen LogP contribution is 2.32. The van der Waals surface area contributed by atoms with Crippen molar-refractivity contribution >= 4 is 51.1 Å². The maximum Gasteiger partial charge on any atom is 0.260 e. The lowest BCUT2D eigenvalue weighted by Gasteiger charge is -2.41. The van der Waals surface area contributed by atoms with E-state index in [4.69, 9.17) is 14.2 Å². The highest BCUT2D eigenvalue weighted by atomic mass is 32.2. The van der Waals surface area contributed by atoms with Crippen LogP contribution in [0.4, 0.5) is 0 Å². The summed E-state index contributed by atoms with van der Waals surface area (Å²) in [5.74, 6) is -3.19. The number of sulfonamides is 1. The summed E-state index contributed by atoms with van der Waals surface area (Å²) in [6.07, 6.45) is 2.41. The van der Waals surface area contributed by atoms with E-state index < -0.39 is 69.3 Å². The summed E-state index contributed by atoms with van der Waals surface area (Å²) < 4.78 is 45.9. The van der Waals surface area contributed by atoms with Gasteiger partial charge in [-0.05, 0) is 95.0 Å². The van der Waals surface area contributed by atoms with Crippen LogP contribution in [0.1, 0.15) is 119 Å². The highest BCUT2D eigenvalue weighted by molar-refractivity contribution is 7.90. The van der Waals surface area contributed by atoms with Crippen molar-refractivity contribution < 1.29 is 56.2 Å². The van der Waals surface area contributed by atoms with Gasteiger partial charge in [0.15, 0.2) is 12.4 Å². The molecule has 2 heterocycles. The van der Waals surface area contributed by atoms with Crippen molar-refractivity contribution in [2.75, 3.05) is 61.6 Å². The summed E-state index contributed by atoms with van der Waals surface area (Å²) in [6.45, 7) is 16.3. The minimum Gasteiger partial charge on any atom is -0.484 e. The molecule has 1 aliphatic carbocycles. The molecule has 19 heteroatoms. The quantitative estimate of drug-likeness (QED) is 0.120. The third-order valence-electron chi connectivity index (χ3n) is 15.3. The van der Waals surface area contributed by atoms with Crippen LogP contribution in [-0.4, -0.2) is 172 Å². The van der Waals surface area contributed by atoms with Crippen molar-refractivity contribution in [2.45, 2.75) is 161 Å². The second-order valence-electron chi connectivity index (χ2n) is 21.4. The third kappa shape index (κ3) is 16.0. The van der Waals surface area contributed by atoms with Gasteiger partial charge in [-0.15, -0.1) is 0 Å². The fraction of sp³-hybridized carbons (Fsp3) is 0.755. The van der Waals surface area contributed by atoms with Gasteiger partial charge < -0.3 is 34.2 Å². The molecule has 0 unspecified atom stereocenters. The molecule has 18 nitrogen and oxygen atoms in total. The molecule has 4 rings (SSSR count). The third-order valence-corrected chi connectivity index (χ3v) is 17.1. The Bertz CT molecular complexity index is 2120. The van der Waals surface area contributed by atoms with E-state index in [0.29, 0.717) is 75.9 Å². The van der Waals surface area contributed by atoms with E-state index in [9.17, 15) is 42.0 Å². The van der Waals surface area contributed by atoms with Crippen LogP contribution in [0, 0.1) is 35.5 Å². The summed E-state index contributed by atoms with van der Waals surface area (Å²) in [6, 6.07) is 3.94. The Labute approximate surface area is 429 Å². The fourth-order valence-electron chi connectivity index (χ4n) is 10.7. The molecule has 0 aromatic heterocycles. The predicted octanol–water partition coefficient (Wildman–Crippen LogP) is 4.27. The molecule has 2 aliphatic heterocycles. The van der Waals surface area contributed by atoms with Crippen LogP contribution in [0.25, 0.3) is 0 Å². The minimum absolute atomic E-state index is 0.00755. The molecule has 2 N–H and O–H groups in total. The fourth-order valence-corrected chi connectivity index (χ4v) is 12.0. The van der Waals surface area contributed by atoms with Gasteiger partial charge in [0.1, 0.15) is 17.6 Å². The molecule has 5 amide bonds. The molecule has 1 aromatic carbocycles. The van der Waals surface area contributed by atoms with Crippen molar-refractivity contribution in [3.63, 3.8) is 0 Å². The Morgan fingerprint density at radius 3 is 1.93 bits per heavy atom. The predicted molar refractivity (Wildman–Crippen MR) is 274 cm³/mol. The second-order valence-corrected chi connectivity index (χ2v) is 23.4. The summed E-state index contributed by atoms with van der Waals surface area (Å²) in [4.78, 5) is 102. The number of ketones is 2. The van der Waals surface area contributed by atoms with Crippen LogP contribution in [0.5, 0.6) is 5.75 Å². The number of benzene rings is 1. The maximum atomic E-state index is 14.5. The van der Waals surface area contributed by atoms with Crippen LogP contribution >= 0.6 is 0 Å². The number of nitrogens with one attached hydrogen (secondary N) is 2. The van der Waals surface area contributed by atoms with Crippen LogP contribution in [-0.2, 0) is 59.5 Å². The number of hydrogen-bond donors (Lipinski definition) is 2. The minimum atomic E-state index is -3.97. The number of piperidine rings is 1. The number of rotatable bonds is 28. The first-order valence-corrected chi connectivity index (χ1v) is 27.6. The van der Waals surface area contributed by atoms with Crippen molar-refractivity contribution in [1.29, 1.82) is 0 Å². The zero-order valence-corrected chi connectivity index (χ0v) is 46.1. The molecule has 1 aromatic rings. The Morgan fingerprint density at radius 1 is 0.792 bits per heavy atom. The molecule has 1 saturated carbocycles. The standard InChI is InChI=1S/C53H86N6O12S/c1-14-34(6)49(57(11)53(66)41(32(2)3)29-44(61)48(33(4)5)56(9)10)45(69-12)30-46(62)59-25-15-16-43(59)50(70-13)35(7)51(64)54-42(52(65)55-72(67,68)40-21-22-40)28-37-17-19-39(20-18-37)71-31-47(63)58-26-23-38(24-27-58)36(8)60/h17-20,32-35,38,40-43,45,48-50H,14-16,21-31H2,1-13H3,(H,54,64)(H,55,65)/t34-,35+,41-,42-,43-,45+,48-,49-,50+/m0/s1. The number of hydrogen-bond acceptors (Lipinski definition) is 13. The lowest BCUT2D eigenvalue weighted by molar-refractivity contribution is -0.149. The van der Waals surface area contributed by atoms with Gasteiger partial charge in [-0.3, -0.25) is 43.2 Å². The number of carbonyl (C=O) groups excluding carboxylic acids is 7. The summed E-state index contributed by atoms with van der Waals surface area (Å²) >= 11 is 0. The van der Waals surface area contributed by atoms with E-state index in [1.54, 1.807) is 59.9 Å². The second kappa shape index (κ2) is 27.2. The first-order valence-electron chi connectivity index (χ1n) is 26.0. The van der Waals surface area contributed by atoms with Crippen LogP contribution in [0.2, 0.25) is 0 Å². The molecule has 3 fully saturated rings. The van der Waals surface area contributed by atoms with E-state index in [1.165, 1.54) is 14.2 Å². The number of methoxy groups -OCH3 is 2. The van der Waals surface area contributed by atoms with Gasteiger partial charge in [0.2, 0.25) is 27.7 Å². The zero-order chi connectivity index (χ0) is 53.8. The van der Waals surface area contributed by atoms with E-state index >= 15 is 0 Å². The lowest BCUT2D eigenvalue weighted by Crippen LogP contribution is -2.55. The molecule has 9 atom stereocenters. The molecule has 3 aliphatic rings. The molecule has 0 bridgehead atoms. The van der Waals surface area contributed by atoms with Crippen molar-refractivity contribution in [3.8, 4) is 5.75 Å². The van der Waals surface area contributed by atoms with E-state index in [0.717, 1.165) is 0 Å². The largest absolute Gasteiger partial charge is 0.484 e. The number of likely N-dealkylation sites (tertiary alicyclic amines) is 2. The Morgan fingerprint density at radius 2 is 1.42 bits per heavy atom. The summed E-state index contributed by atoms with van der Waals surface area (Å²) in [5.41, 5.74) is 0.584. The van der Waals surface area contributed by atoms with Crippen molar-refractivity contribution in [2.24, 2.45) is 35.5 Å². The maximum absolute atomic E-state index is 14.5. The van der Waals surface area contributed by atoms with Gasteiger partial charge in [-0.25, -0.2) is 8.42 Å². The van der Waals surface area contributed by atoms with Gasteiger partial charge in [-0.2, -0.15) is 0 Å². The molecule has 0 spiro atoms. The van der Waals surface area contributed by atoms with Gasteiger partial charge >= 0.3 is 0 Å². The Hall–Kier alpha value is -4.46. The van der Waals surface area contributed by atoms with Crippen LogP contribution in [0.15, 0.2) is 24.3 Å². The molecular weight excluding hydrogens is 945 g/mol. The highest BCUT2D eigenvalue weighted by Gasteiger charge is 2.44. The van der Waals surface area contributed by atoms with Gasteiger partial charge in [0.25, 0.3) is 11.8 Å². The number of Topliss-reactive ketones (excluding diaryl/α,β-unsaturated/α-hetero) is 2. The molecule has 0 radical (unpaired) electrons. The summed E-state index contributed by atoms with van der Waals surface area (Å²) in [7, 11) is 4.50. The van der Waals surface area contributed by atoms with E-state index in [2.05, 4.69) is 10.0 Å².